The molecule has 1 aromatic heterocycles. The molecule has 0 saturated carbocycles. The lowest BCUT2D eigenvalue weighted by atomic mass is 10.0. The van der Waals surface area contributed by atoms with Crippen molar-refractivity contribution in [3.8, 4) is 5.75 Å². The molecular formula is C22H31N5O3. The Kier molecular flexibility index (Phi) is 6.77. The van der Waals surface area contributed by atoms with E-state index >= 15 is 0 Å². The molecule has 8 heteroatoms. The van der Waals surface area contributed by atoms with Crippen LogP contribution in [0.5, 0.6) is 5.75 Å². The number of carbonyl (C=O) groups excluding carboxylic acids is 2. The topological polar surface area (TPSA) is 88.5 Å². The van der Waals surface area contributed by atoms with Crippen molar-refractivity contribution in [1.82, 2.24) is 20.0 Å². The molecule has 2 aromatic rings. The molecule has 0 bridgehead atoms. The molecule has 2 N–H and O–H groups in total. The molecule has 1 unspecified atom stereocenters. The first-order valence-electron chi connectivity index (χ1n) is 10.3. The highest BCUT2D eigenvalue weighted by atomic mass is 16.5. The number of amides is 2. The Morgan fingerprint density at radius 3 is 2.53 bits per heavy atom. The van der Waals surface area contributed by atoms with Gasteiger partial charge in [0.25, 0.3) is 5.91 Å². The summed E-state index contributed by atoms with van der Waals surface area (Å²) in [6, 6.07) is 6.98. The lowest BCUT2D eigenvalue weighted by Gasteiger charge is -2.35. The third-order valence-corrected chi connectivity index (χ3v) is 5.88. The van der Waals surface area contributed by atoms with E-state index in [1.54, 1.807) is 23.9 Å². The summed E-state index contributed by atoms with van der Waals surface area (Å²) >= 11 is 0. The van der Waals surface area contributed by atoms with Gasteiger partial charge >= 0.3 is 0 Å². The van der Waals surface area contributed by atoms with Crippen LogP contribution in [0.2, 0.25) is 0 Å². The summed E-state index contributed by atoms with van der Waals surface area (Å²) in [7, 11) is 3.45. The Bertz CT molecular complexity index is 915. The minimum atomic E-state index is -0.251. The third kappa shape index (κ3) is 4.81. The van der Waals surface area contributed by atoms with E-state index in [4.69, 9.17) is 4.74 Å². The molecule has 1 atom stereocenters. The molecular weight excluding hydrogens is 382 g/mol. The quantitative estimate of drug-likeness (QED) is 0.758. The molecule has 8 nitrogen and oxygen atoms in total. The van der Waals surface area contributed by atoms with E-state index in [2.05, 4.69) is 20.6 Å². The molecule has 30 heavy (non-hydrogen) atoms. The van der Waals surface area contributed by atoms with Crippen molar-refractivity contribution in [2.24, 2.45) is 7.05 Å². The Hall–Kier alpha value is -2.87. The summed E-state index contributed by atoms with van der Waals surface area (Å²) in [4.78, 5) is 27.4. The number of aryl methyl sites for hydroxylation is 2. The van der Waals surface area contributed by atoms with Crippen molar-refractivity contribution in [2.45, 2.75) is 45.7 Å². The summed E-state index contributed by atoms with van der Waals surface area (Å²) in [5.41, 5.74) is 3.13. The van der Waals surface area contributed by atoms with Crippen LogP contribution in [-0.4, -0.2) is 58.8 Å². The number of benzene rings is 1. The summed E-state index contributed by atoms with van der Waals surface area (Å²) in [5.74, 6) is 0.533. The number of piperidine rings is 1. The van der Waals surface area contributed by atoms with Crippen molar-refractivity contribution in [1.29, 1.82) is 0 Å². The summed E-state index contributed by atoms with van der Waals surface area (Å²) in [6.07, 6.45) is 1.61. The molecule has 162 valence electrons. The first-order valence-corrected chi connectivity index (χ1v) is 10.3. The first-order chi connectivity index (χ1) is 14.3. The summed E-state index contributed by atoms with van der Waals surface area (Å²) < 4.78 is 6.96. The average Bonchev–Trinajstić information content (AvgIpc) is 2.99. The van der Waals surface area contributed by atoms with E-state index in [1.165, 1.54) is 0 Å². The van der Waals surface area contributed by atoms with Gasteiger partial charge in [-0.05, 0) is 51.8 Å². The van der Waals surface area contributed by atoms with Crippen LogP contribution in [0.4, 0.5) is 5.69 Å². The third-order valence-electron chi connectivity index (χ3n) is 5.88. The van der Waals surface area contributed by atoms with Crippen molar-refractivity contribution < 1.29 is 14.3 Å². The van der Waals surface area contributed by atoms with Gasteiger partial charge in [0.2, 0.25) is 5.91 Å². The zero-order valence-corrected chi connectivity index (χ0v) is 18.4. The number of nitrogens with zero attached hydrogens (tertiary/aromatic N) is 3. The van der Waals surface area contributed by atoms with E-state index in [1.807, 2.05) is 40.0 Å². The fourth-order valence-electron chi connectivity index (χ4n) is 3.81. The largest absolute Gasteiger partial charge is 0.497 e. The van der Waals surface area contributed by atoms with Gasteiger partial charge in [0.05, 0.1) is 30.2 Å². The number of hydrogen-bond donors (Lipinski definition) is 2. The Morgan fingerprint density at radius 1 is 1.23 bits per heavy atom. The number of likely N-dealkylation sites (tertiary alicyclic amines) is 1. The molecule has 0 aliphatic carbocycles. The fraction of sp³-hybridized carbons (Fsp3) is 0.500. The van der Waals surface area contributed by atoms with Gasteiger partial charge in [-0.15, -0.1) is 0 Å². The lowest BCUT2D eigenvalue weighted by Crippen LogP contribution is -2.50. The molecule has 2 heterocycles. The molecule has 3 rings (SSSR count). The average molecular weight is 414 g/mol. The maximum Gasteiger partial charge on any atom is 0.251 e. The van der Waals surface area contributed by atoms with Crippen LogP contribution in [0.3, 0.4) is 0 Å². The molecule has 2 amide bonds. The van der Waals surface area contributed by atoms with Crippen LogP contribution < -0.4 is 15.4 Å². The van der Waals surface area contributed by atoms with Gasteiger partial charge in [0.15, 0.2) is 0 Å². The monoisotopic (exact) mass is 413 g/mol. The van der Waals surface area contributed by atoms with Crippen LogP contribution in [0.25, 0.3) is 0 Å². The summed E-state index contributed by atoms with van der Waals surface area (Å²) in [6.45, 7) is 7.26. The second-order valence-electron chi connectivity index (χ2n) is 7.85. The minimum Gasteiger partial charge on any atom is -0.497 e. The highest BCUT2D eigenvalue weighted by molar-refractivity contribution is 5.96. The van der Waals surface area contributed by atoms with Crippen molar-refractivity contribution in [3.05, 3.63) is 41.2 Å². The molecule has 1 aliphatic heterocycles. The Balaban J connectivity index is 1.51. The van der Waals surface area contributed by atoms with Crippen molar-refractivity contribution >= 4 is 17.5 Å². The maximum atomic E-state index is 12.8. The second-order valence-corrected chi connectivity index (χ2v) is 7.85. The number of hydrogen-bond acceptors (Lipinski definition) is 5. The Morgan fingerprint density at radius 2 is 1.93 bits per heavy atom. The number of carbonyl (C=O) groups is 2. The molecule has 0 spiro atoms. The van der Waals surface area contributed by atoms with Gasteiger partial charge in [-0.25, -0.2) is 0 Å². The van der Waals surface area contributed by atoms with E-state index in [0.717, 1.165) is 43.0 Å². The zero-order chi connectivity index (χ0) is 21.8. The predicted molar refractivity (Wildman–Crippen MR) is 116 cm³/mol. The first kappa shape index (κ1) is 21.8. The lowest BCUT2D eigenvalue weighted by molar-refractivity contribution is -0.121. The van der Waals surface area contributed by atoms with Gasteiger partial charge in [0.1, 0.15) is 5.75 Å². The molecule has 1 aliphatic rings. The van der Waals surface area contributed by atoms with Gasteiger partial charge in [-0.3, -0.25) is 19.2 Å². The van der Waals surface area contributed by atoms with Crippen molar-refractivity contribution in [3.63, 3.8) is 0 Å². The number of nitrogens with one attached hydrogen (secondary N) is 2. The van der Waals surface area contributed by atoms with Crippen LogP contribution in [0.1, 0.15) is 41.5 Å². The van der Waals surface area contributed by atoms with Crippen LogP contribution >= 0.6 is 0 Å². The van der Waals surface area contributed by atoms with Gasteiger partial charge in [0, 0.05) is 31.7 Å². The predicted octanol–water partition coefficient (Wildman–Crippen LogP) is 2.27. The van der Waals surface area contributed by atoms with Gasteiger partial charge < -0.3 is 15.4 Å². The number of methoxy groups -OCH3 is 1. The Labute approximate surface area is 177 Å². The van der Waals surface area contributed by atoms with Gasteiger partial charge in [-0.1, -0.05) is 6.07 Å². The van der Waals surface area contributed by atoms with Crippen LogP contribution in [0.15, 0.2) is 24.3 Å². The molecule has 0 radical (unpaired) electrons. The standard InChI is InChI=1S/C22H31N5O3/c1-14-20(15(2)26(4)25-14)24-21(28)16(3)27-11-9-18(10-12-27)23-22(29)17-7-6-8-19(13-17)30-5/h6-8,13,16,18H,9-12H2,1-5H3,(H,23,29)(H,24,28). The van der Waals surface area contributed by atoms with E-state index < -0.39 is 0 Å². The minimum absolute atomic E-state index is 0.0342. The van der Waals surface area contributed by atoms with Crippen LogP contribution in [-0.2, 0) is 11.8 Å². The highest BCUT2D eigenvalue weighted by Gasteiger charge is 2.28. The maximum absolute atomic E-state index is 12.8. The SMILES string of the molecule is COc1cccc(C(=O)NC2CCN(C(C)C(=O)Nc3c(C)nn(C)c3C)CC2)c1. The van der Waals surface area contributed by atoms with Gasteiger partial charge in [-0.2, -0.15) is 5.10 Å². The highest BCUT2D eigenvalue weighted by Crippen LogP contribution is 2.20. The normalized spacial score (nSPS) is 16.2. The zero-order valence-electron chi connectivity index (χ0n) is 18.4. The van der Waals surface area contributed by atoms with Crippen LogP contribution in [0, 0.1) is 13.8 Å². The number of ether oxygens (including phenoxy) is 1. The number of aromatic nitrogens is 2. The molecule has 1 fully saturated rings. The van der Waals surface area contributed by atoms with Crippen molar-refractivity contribution in [2.75, 3.05) is 25.5 Å². The molecule has 1 aromatic carbocycles. The smallest absolute Gasteiger partial charge is 0.251 e. The van der Waals surface area contributed by atoms with E-state index in [0.29, 0.717) is 11.3 Å². The van der Waals surface area contributed by atoms with E-state index in [-0.39, 0.29) is 23.9 Å². The number of anilines is 1. The van der Waals surface area contributed by atoms with E-state index in [9.17, 15) is 9.59 Å². The summed E-state index contributed by atoms with van der Waals surface area (Å²) in [5, 5.41) is 10.5. The fourth-order valence-corrected chi connectivity index (χ4v) is 3.81. The second kappa shape index (κ2) is 9.30. The molecule has 1 saturated heterocycles. The number of rotatable bonds is 6.